The SMILES string of the molecule is CCCCCCCCCc1cnc(-c2ccc(OC(=O)c3ccc([C@H]4CC[C@H](CCCCCCCC)CC4)c(F)c3)cc2)nc1. The van der Waals surface area contributed by atoms with Crippen LogP contribution in [0.25, 0.3) is 11.4 Å². The summed E-state index contributed by atoms with van der Waals surface area (Å²) in [7, 11) is 0. The maximum absolute atomic E-state index is 15.2. The normalized spacial score (nSPS) is 16.5. The highest BCUT2D eigenvalue weighted by molar-refractivity contribution is 5.91. The fraction of sp³-hybridized carbons (Fsp3) is 0.575. The molecule has 0 bridgehead atoms. The molecule has 0 saturated heterocycles. The predicted molar refractivity (Wildman–Crippen MR) is 183 cm³/mol. The zero-order chi connectivity index (χ0) is 31.7. The van der Waals surface area contributed by atoms with Crippen molar-refractivity contribution in [3.05, 3.63) is 77.4 Å². The number of aryl methyl sites for hydroxylation is 1. The first-order valence-corrected chi connectivity index (χ1v) is 18.0. The van der Waals surface area contributed by atoms with Crippen LogP contribution in [0.1, 0.15) is 157 Å². The van der Waals surface area contributed by atoms with Crippen LogP contribution in [0.5, 0.6) is 5.75 Å². The van der Waals surface area contributed by atoms with Crippen LogP contribution in [0.15, 0.2) is 54.9 Å². The second-order valence-electron chi connectivity index (χ2n) is 13.2. The molecule has 1 aromatic heterocycles. The number of rotatable bonds is 19. The van der Waals surface area contributed by atoms with Gasteiger partial charge < -0.3 is 4.74 Å². The summed E-state index contributed by atoms with van der Waals surface area (Å²) < 4.78 is 20.7. The van der Waals surface area contributed by atoms with Crippen molar-refractivity contribution in [3.8, 4) is 17.1 Å². The second-order valence-corrected chi connectivity index (χ2v) is 13.2. The Balaban J connectivity index is 1.20. The number of ether oxygens (including phenoxy) is 1. The smallest absolute Gasteiger partial charge is 0.343 e. The van der Waals surface area contributed by atoms with Crippen LogP contribution >= 0.6 is 0 Å². The Bertz CT molecular complexity index is 1270. The molecule has 1 heterocycles. The largest absolute Gasteiger partial charge is 0.423 e. The van der Waals surface area contributed by atoms with Crippen molar-refractivity contribution in [1.29, 1.82) is 0 Å². The van der Waals surface area contributed by atoms with Crippen LogP contribution in [0.3, 0.4) is 0 Å². The summed E-state index contributed by atoms with van der Waals surface area (Å²) in [6, 6.07) is 12.0. The van der Waals surface area contributed by atoms with E-state index in [4.69, 9.17) is 4.74 Å². The van der Waals surface area contributed by atoms with Crippen LogP contribution in [0.4, 0.5) is 4.39 Å². The van der Waals surface area contributed by atoms with Crippen molar-refractivity contribution in [1.82, 2.24) is 9.97 Å². The van der Waals surface area contributed by atoms with Crippen molar-refractivity contribution in [2.75, 3.05) is 0 Å². The van der Waals surface area contributed by atoms with Gasteiger partial charge in [0.05, 0.1) is 5.56 Å². The minimum atomic E-state index is -0.554. The summed E-state index contributed by atoms with van der Waals surface area (Å²) in [4.78, 5) is 21.9. The number of unbranched alkanes of at least 4 members (excludes halogenated alkanes) is 11. The van der Waals surface area contributed by atoms with E-state index in [0.29, 0.717) is 11.6 Å². The third kappa shape index (κ3) is 11.7. The second kappa shape index (κ2) is 19.4. The van der Waals surface area contributed by atoms with Crippen LogP contribution < -0.4 is 4.74 Å². The van der Waals surface area contributed by atoms with E-state index in [1.807, 2.05) is 24.5 Å². The Morgan fingerprint density at radius 1 is 0.756 bits per heavy atom. The van der Waals surface area contributed by atoms with E-state index in [1.165, 1.54) is 109 Å². The maximum atomic E-state index is 15.2. The van der Waals surface area contributed by atoms with Gasteiger partial charge in [0.1, 0.15) is 11.6 Å². The van der Waals surface area contributed by atoms with Crippen molar-refractivity contribution in [2.45, 2.75) is 142 Å². The van der Waals surface area contributed by atoms with Crippen LogP contribution in [-0.2, 0) is 6.42 Å². The lowest BCUT2D eigenvalue weighted by molar-refractivity contribution is 0.0734. The fourth-order valence-corrected chi connectivity index (χ4v) is 6.72. The number of hydrogen-bond acceptors (Lipinski definition) is 4. The number of nitrogens with zero attached hydrogens (tertiary/aromatic N) is 2. The highest BCUT2D eigenvalue weighted by atomic mass is 19.1. The molecule has 4 nitrogen and oxygen atoms in total. The number of halogens is 1. The van der Waals surface area contributed by atoms with E-state index in [0.717, 1.165) is 41.9 Å². The molecule has 1 aliphatic rings. The Morgan fingerprint density at radius 2 is 1.36 bits per heavy atom. The number of esters is 1. The topological polar surface area (TPSA) is 52.1 Å². The summed E-state index contributed by atoms with van der Waals surface area (Å²) >= 11 is 0. The lowest BCUT2D eigenvalue weighted by atomic mass is 9.76. The molecular formula is C40H55FN2O2. The van der Waals surface area contributed by atoms with Crippen LogP contribution in [0.2, 0.25) is 0 Å². The molecule has 3 aromatic rings. The van der Waals surface area contributed by atoms with Crippen molar-refractivity contribution < 1.29 is 13.9 Å². The Labute approximate surface area is 271 Å². The van der Waals surface area contributed by atoms with E-state index in [9.17, 15) is 4.79 Å². The molecule has 0 atom stereocenters. The van der Waals surface area contributed by atoms with Gasteiger partial charge in [0, 0.05) is 18.0 Å². The summed E-state index contributed by atoms with van der Waals surface area (Å²) in [6.45, 7) is 4.51. The first-order chi connectivity index (χ1) is 22.1. The van der Waals surface area contributed by atoms with Gasteiger partial charge in [0.2, 0.25) is 0 Å². The van der Waals surface area contributed by atoms with E-state index in [1.54, 1.807) is 24.3 Å². The highest BCUT2D eigenvalue weighted by Crippen LogP contribution is 2.39. The van der Waals surface area contributed by atoms with Gasteiger partial charge in [-0.05, 0) is 97.9 Å². The summed E-state index contributed by atoms with van der Waals surface area (Å²) in [5.74, 6) is 1.22. The number of benzene rings is 2. The molecule has 0 radical (unpaired) electrons. The van der Waals surface area contributed by atoms with E-state index in [-0.39, 0.29) is 17.3 Å². The van der Waals surface area contributed by atoms with Gasteiger partial charge in [-0.2, -0.15) is 0 Å². The standard InChI is InChI=1S/C40H55FN2O2/c1-3-5-7-9-11-13-15-17-32-29-42-39(43-30-32)34-22-25-36(26-23-34)45-40(44)35-24-27-37(38(41)28-35)33-20-18-31(19-21-33)16-14-12-10-8-6-4-2/h22-31,33H,3-21H2,1-2H3/t31-,33-. The first kappa shape index (κ1) is 34.8. The van der Waals surface area contributed by atoms with Gasteiger partial charge in [-0.15, -0.1) is 0 Å². The third-order valence-corrected chi connectivity index (χ3v) is 9.59. The first-order valence-electron chi connectivity index (χ1n) is 18.0. The van der Waals surface area contributed by atoms with Gasteiger partial charge in [0.15, 0.2) is 5.82 Å². The highest BCUT2D eigenvalue weighted by Gasteiger charge is 2.25. The van der Waals surface area contributed by atoms with E-state index < -0.39 is 5.97 Å². The average Bonchev–Trinajstić information content (AvgIpc) is 3.07. The quantitative estimate of drug-likeness (QED) is 0.0766. The van der Waals surface area contributed by atoms with Crippen LogP contribution in [0, 0.1) is 11.7 Å². The molecule has 5 heteroatoms. The number of hydrogen-bond donors (Lipinski definition) is 0. The molecule has 1 aliphatic carbocycles. The average molecular weight is 615 g/mol. The minimum absolute atomic E-state index is 0.233. The van der Waals surface area contributed by atoms with E-state index in [2.05, 4.69) is 23.8 Å². The molecule has 0 amide bonds. The predicted octanol–water partition coefficient (Wildman–Crippen LogP) is 11.8. The number of aromatic nitrogens is 2. The zero-order valence-electron chi connectivity index (χ0n) is 27.9. The fourth-order valence-electron chi connectivity index (χ4n) is 6.72. The molecule has 0 N–H and O–H groups in total. The Morgan fingerprint density at radius 3 is 1.98 bits per heavy atom. The van der Waals surface area contributed by atoms with Crippen molar-refractivity contribution in [2.24, 2.45) is 5.92 Å². The zero-order valence-corrected chi connectivity index (χ0v) is 27.9. The molecule has 0 aliphatic heterocycles. The number of carbonyl (C=O) groups is 1. The molecule has 0 unspecified atom stereocenters. The van der Waals surface area contributed by atoms with Crippen LogP contribution in [-0.4, -0.2) is 15.9 Å². The van der Waals surface area contributed by atoms with Crippen molar-refractivity contribution in [3.63, 3.8) is 0 Å². The summed E-state index contributed by atoms with van der Waals surface area (Å²) in [5.41, 5.74) is 2.99. The molecular weight excluding hydrogens is 559 g/mol. The third-order valence-electron chi connectivity index (χ3n) is 9.59. The molecule has 1 fully saturated rings. The minimum Gasteiger partial charge on any atom is -0.423 e. The molecule has 244 valence electrons. The van der Waals surface area contributed by atoms with E-state index >= 15 is 4.39 Å². The lowest BCUT2D eigenvalue weighted by Gasteiger charge is -2.29. The van der Waals surface area contributed by atoms with Gasteiger partial charge in [-0.25, -0.2) is 19.2 Å². The molecule has 0 spiro atoms. The molecule has 4 rings (SSSR count). The maximum Gasteiger partial charge on any atom is 0.343 e. The molecule has 1 saturated carbocycles. The lowest BCUT2D eigenvalue weighted by Crippen LogP contribution is -2.15. The van der Waals surface area contributed by atoms with Gasteiger partial charge in [-0.3, -0.25) is 0 Å². The summed E-state index contributed by atoms with van der Waals surface area (Å²) in [5, 5.41) is 0. The Hall–Kier alpha value is -3.08. The molecule has 45 heavy (non-hydrogen) atoms. The number of carbonyl (C=O) groups excluding carboxylic acids is 1. The van der Waals surface area contributed by atoms with Gasteiger partial charge >= 0.3 is 5.97 Å². The Kier molecular flexibility index (Phi) is 15.0. The van der Waals surface area contributed by atoms with Gasteiger partial charge in [0.25, 0.3) is 0 Å². The monoisotopic (exact) mass is 614 g/mol. The van der Waals surface area contributed by atoms with Gasteiger partial charge in [-0.1, -0.05) is 103 Å². The van der Waals surface area contributed by atoms with Crippen molar-refractivity contribution >= 4 is 5.97 Å². The summed E-state index contributed by atoms with van der Waals surface area (Å²) in [6.07, 6.45) is 27.6. The molecule has 2 aromatic carbocycles.